The first kappa shape index (κ1) is 45.7. The molecule has 6 saturated carbocycles. The largest absolute Gasteiger partial charge is 0.471 e. The van der Waals surface area contributed by atoms with Crippen LogP contribution in [0.15, 0.2) is 52.7 Å². The van der Waals surface area contributed by atoms with Crippen molar-refractivity contribution >= 4 is 23.3 Å². The summed E-state index contributed by atoms with van der Waals surface area (Å²) in [4.78, 5) is 56.7. The Labute approximate surface area is 399 Å². The van der Waals surface area contributed by atoms with Gasteiger partial charge in [-0.3, -0.25) is 19.2 Å². The Morgan fingerprint density at radius 2 is 1.31 bits per heavy atom. The van der Waals surface area contributed by atoms with Gasteiger partial charge in [-0.25, -0.2) is 0 Å². The van der Waals surface area contributed by atoms with E-state index in [9.17, 15) is 9.59 Å². The number of carbonyl (C=O) groups is 4. The van der Waals surface area contributed by atoms with Crippen molar-refractivity contribution in [3.63, 3.8) is 0 Å². The van der Waals surface area contributed by atoms with Crippen LogP contribution in [0.1, 0.15) is 181 Å². The number of allylic oxidation sites excluding steroid dienone is 5. The van der Waals surface area contributed by atoms with Gasteiger partial charge in [0.05, 0.1) is 12.5 Å². The van der Waals surface area contributed by atoms with E-state index in [0.717, 1.165) is 99.3 Å². The van der Waals surface area contributed by atoms with Crippen molar-refractivity contribution in [1.29, 1.82) is 0 Å². The Morgan fingerprint density at radius 3 is 1.99 bits per heavy atom. The second kappa shape index (κ2) is 13.3. The van der Waals surface area contributed by atoms with E-state index in [1.165, 1.54) is 18.3 Å². The minimum absolute atomic E-state index is 0.000599. The topological polar surface area (TPSA) is 105 Å². The van der Waals surface area contributed by atoms with Crippen molar-refractivity contribution in [3.05, 3.63) is 69.4 Å². The first-order chi connectivity index (χ1) is 31.1. The maximum absolute atomic E-state index is 15.2. The molecule has 6 fully saturated rings. The molecule has 0 aromatic heterocycles. The van der Waals surface area contributed by atoms with E-state index in [-0.39, 0.29) is 61.9 Å². The molecule has 1 aliphatic heterocycles. The third kappa shape index (κ3) is 5.11. The van der Waals surface area contributed by atoms with E-state index in [1.807, 2.05) is 32.1 Å². The number of esters is 1. The predicted octanol–water partition coefficient (Wildman–Crippen LogP) is 12.4. The SMILES string of the molecule is COC(=O)[C@]1(C)CC[C@]2(C)CC[C@]3(C)C4=CC(=O)c5c(cc6c(c5C)O[C@]5(C)C7=CC=C8[C@@](C)(CC[C@@]9(C)[C@@H]%10C[C@@H](C)C(=O)C[C@]%10(C)CC[C@]89C)C7=CC(=O)[C@]5(OC)O6)[C@]4(C)CC[C@@]3(C)[C@@H]2C1. The monoisotopic (exact) mass is 913 g/mol. The van der Waals surface area contributed by atoms with Crippen molar-refractivity contribution in [1.82, 2.24) is 0 Å². The minimum atomic E-state index is -1.81. The fraction of sp³-hybridized carbons (Fsp3) is 0.695. The van der Waals surface area contributed by atoms with Crippen LogP contribution in [0, 0.1) is 68.0 Å². The summed E-state index contributed by atoms with van der Waals surface area (Å²) in [5.41, 5.74) is 3.42. The zero-order valence-corrected chi connectivity index (χ0v) is 43.1. The highest BCUT2D eigenvalue weighted by Gasteiger charge is 2.73. The molecule has 11 rings (SSSR count). The van der Waals surface area contributed by atoms with Crippen molar-refractivity contribution in [2.45, 2.75) is 183 Å². The maximum atomic E-state index is 15.2. The van der Waals surface area contributed by atoms with Crippen LogP contribution in [0.4, 0.5) is 0 Å². The van der Waals surface area contributed by atoms with Crippen LogP contribution in [0.5, 0.6) is 11.5 Å². The molecule has 8 nitrogen and oxygen atoms in total. The van der Waals surface area contributed by atoms with Gasteiger partial charge in [0.1, 0.15) is 5.78 Å². The number of carbonyl (C=O) groups excluding carboxylic acids is 4. The number of ketones is 3. The predicted molar refractivity (Wildman–Crippen MR) is 258 cm³/mol. The van der Waals surface area contributed by atoms with Crippen LogP contribution < -0.4 is 9.47 Å². The van der Waals surface area contributed by atoms with E-state index in [2.05, 4.69) is 81.4 Å². The van der Waals surface area contributed by atoms with Gasteiger partial charge < -0.3 is 18.9 Å². The van der Waals surface area contributed by atoms with Crippen molar-refractivity contribution < 1.29 is 38.1 Å². The van der Waals surface area contributed by atoms with Crippen LogP contribution >= 0.6 is 0 Å². The van der Waals surface area contributed by atoms with E-state index in [0.29, 0.717) is 35.2 Å². The summed E-state index contributed by atoms with van der Waals surface area (Å²) < 4.78 is 26.2. The second-order valence-electron chi connectivity index (χ2n) is 26.4. The summed E-state index contributed by atoms with van der Waals surface area (Å²) in [6.45, 7) is 27.4. The minimum Gasteiger partial charge on any atom is -0.471 e. The third-order valence-corrected chi connectivity index (χ3v) is 23.6. The van der Waals surface area contributed by atoms with Gasteiger partial charge >= 0.3 is 11.8 Å². The Hall–Kier alpha value is -3.78. The van der Waals surface area contributed by atoms with Crippen molar-refractivity contribution in [2.75, 3.05) is 14.2 Å². The van der Waals surface area contributed by atoms with Gasteiger partial charge in [0.2, 0.25) is 11.4 Å². The number of benzene rings is 1. The van der Waals surface area contributed by atoms with E-state index in [1.54, 1.807) is 7.11 Å². The summed E-state index contributed by atoms with van der Waals surface area (Å²) in [7, 11) is 3.06. The second-order valence-corrected chi connectivity index (χ2v) is 26.4. The lowest BCUT2D eigenvalue weighted by molar-refractivity contribution is -0.244. The molecule has 0 N–H and O–H groups in total. The summed E-state index contributed by atoms with van der Waals surface area (Å²) in [6.07, 6.45) is 20.2. The van der Waals surface area contributed by atoms with Gasteiger partial charge in [0, 0.05) is 47.0 Å². The molecule has 0 bridgehead atoms. The van der Waals surface area contributed by atoms with Gasteiger partial charge in [-0.05, 0) is 177 Å². The molecule has 0 spiro atoms. The number of ether oxygens (including phenoxy) is 4. The van der Waals surface area contributed by atoms with E-state index < -0.39 is 27.6 Å². The Morgan fingerprint density at radius 1 is 0.687 bits per heavy atom. The summed E-state index contributed by atoms with van der Waals surface area (Å²) in [6, 6.07) is 2.01. The number of hydrogen-bond acceptors (Lipinski definition) is 8. The number of rotatable bonds is 2. The lowest BCUT2D eigenvalue weighted by Crippen LogP contribution is -2.70. The van der Waals surface area contributed by atoms with Crippen LogP contribution in [0.2, 0.25) is 0 Å². The molecule has 67 heavy (non-hydrogen) atoms. The number of hydrogen-bond donors (Lipinski definition) is 0. The van der Waals surface area contributed by atoms with E-state index >= 15 is 9.59 Å². The molecule has 1 aromatic carbocycles. The van der Waals surface area contributed by atoms with Gasteiger partial charge in [0.25, 0.3) is 0 Å². The fourth-order valence-corrected chi connectivity index (χ4v) is 18.7. The molecule has 9 aliphatic carbocycles. The summed E-state index contributed by atoms with van der Waals surface area (Å²) in [5, 5.41) is 0. The third-order valence-electron chi connectivity index (χ3n) is 23.6. The zero-order chi connectivity index (χ0) is 48.3. The first-order valence-corrected chi connectivity index (χ1v) is 25.8. The molecule has 8 heteroatoms. The number of fused-ring (bicyclic) bond motifs is 17. The standard InChI is InChI=1S/C59H76O8/c1-33-27-42-50(4,31-39(33)61)20-24-54(8)41-16-15-35-36(52(41,6)21-25-55(42,54)9)29-45(62)59(65-14)58(35,12)67-47-34(2)46-37(28-40(47)66-59)53(7)22-26-57(11)44-32-51(5,48(63)64-13)18-17-49(44,3)19-23-56(57,10)43(53)30-38(46)60/h15-16,28-30,33,42,44H,17-27,31-32H2,1-14H3/t33-,42-,44-,49-,50+,51-,52+,53+,54-,55+,56-,57+,58-,59+/m1/s1. The Kier molecular flexibility index (Phi) is 9.09. The van der Waals surface area contributed by atoms with Crippen molar-refractivity contribution in [3.8, 4) is 11.5 Å². The molecular formula is C59H76O8. The maximum Gasteiger partial charge on any atom is 0.319 e. The van der Waals surface area contributed by atoms with Gasteiger partial charge in [0.15, 0.2) is 17.3 Å². The molecule has 1 aromatic rings. The summed E-state index contributed by atoms with van der Waals surface area (Å²) >= 11 is 0. The van der Waals surface area contributed by atoms with Gasteiger partial charge in [-0.15, -0.1) is 0 Å². The van der Waals surface area contributed by atoms with Crippen LogP contribution in [0.25, 0.3) is 0 Å². The molecule has 0 amide bonds. The first-order valence-electron chi connectivity index (χ1n) is 25.8. The zero-order valence-electron chi connectivity index (χ0n) is 43.1. The highest BCUT2D eigenvalue weighted by molar-refractivity contribution is 6.10. The smallest absolute Gasteiger partial charge is 0.319 e. The molecule has 0 radical (unpaired) electrons. The normalized spacial score (nSPS) is 49.0. The van der Waals surface area contributed by atoms with Crippen LogP contribution in [-0.2, 0) is 29.3 Å². The van der Waals surface area contributed by atoms with Gasteiger partial charge in [-0.1, -0.05) is 80.0 Å². The highest BCUT2D eigenvalue weighted by atomic mass is 16.7. The quantitative estimate of drug-likeness (QED) is 0.270. The molecule has 10 aliphatic rings. The lowest BCUT2D eigenvalue weighted by atomic mass is 9.34. The van der Waals surface area contributed by atoms with Crippen LogP contribution in [0.3, 0.4) is 0 Å². The van der Waals surface area contributed by atoms with E-state index in [4.69, 9.17) is 18.9 Å². The number of methoxy groups -OCH3 is 2. The molecular weight excluding hydrogens is 837 g/mol. The fourth-order valence-electron chi connectivity index (χ4n) is 18.7. The number of Topliss-reactive ketones (excluding diaryl/α,β-unsaturated/α-hetero) is 1. The summed E-state index contributed by atoms with van der Waals surface area (Å²) in [5.74, 6) is -0.0964. The molecule has 0 saturated heterocycles. The molecule has 1 heterocycles. The molecule has 14 atom stereocenters. The van der Waals surface area contributed by atoms with Gasteiger partial charge in [-0.2, -0.15) is 0 Å². The highest BCUT2D eigenvalue weighted by Crippen LogP contribution is 2.77. The lowest BCUT2D eigenvalue weighted by Gasteiger charge is -2.69. The molecule has 0 unspecified atom stereocenters. The average Bonchev–Trinajstić information content (AvgIpc) is 3.27. The molecule has 360 valence electrons. The van der Waals surface area contributed by atoms with Crippen LogP contribution in [-0.4, -0.2) is 48.9 Å². The average molecular weight is 913 g/mol. The van der Waals surface area contributed by atoms with Crippen molar-refractivity contribution in [2.24, 2.45) is 61.1 Å². The Balaban J connectivity index is 0.988. The Bertz CT molecular complexity index is 2650.